The van der Waals surface area contributed by atoms with Crippen LogP contribution in [0.1, 0.15) is 20.8 Å². The number of rotatable bonds is 7. The van der Waals surface area contributed by atoms with Crippen LogP contribution in [0.2, 0.25) is 0 Å². The second kappa shape index (κ2) is 9.59. The quantitative estimate of drug-likeness (QED) is 0.291. The molecule has 0 fully saturated rings. The lowest BCUT2D eigenvalue weighted by atomic mass is 10.2. The fourth-order valence-electron chi connectivity index (χ4n) is 2.15. The Balaban J connectivity index is 2.24. The Morgan fingerprint density at radius 3 is 2.46 bits per heavy atom. The molecule has 0 unspecified atom stereocenters. The molecule has 1 heterocycles. The van der Waals surface area contributed by atoms with E-state index in [2.05, 4.69) is 25.9 Å². The van der Waals surface area contributed by atoms with E-state index in [1.165, 1.54) is 16.6 Å². The first-order valence-corrected chi connectivity index (χ1v) is 10.1. The van der Waals surface area contributed by atoms with Gasteiger partial charge in [-0.1, -0.05) is 12.1 Å². The van der Waals surface area contributed by atoms with Gasteiger partial charge in [-0.05, 0) is 32.9 Å². The van der Waals surface area contributed by atoms with Crippen LogP contribution in [0.25, 0.3) is 0 Å². The van der Waals surface area contributed by atoms with Crippen molar-refractivity contribution in [3.05, 3.63) is 30.5 Å². The summed E-state index contributed by atoms with van der Waals surface area (Å²) in [5, 5.41) is 8.68. The van der Waals surface area contributed by atoms with Gasteiger partial charge in [-0.2, -0.15) is 8.26 Å². The van der Waals surface area contributed by atoms with Gasteiger partial charge in [0.15, 0.2) is 5.82 Å². The van der Waals surface area contributed by atoms with Gasteiger partial charge in [0.1, 0.15) is 11.3 Å². The smallest absolute Gasteiger partial charge is 0.412 e. The summed E-state index contributed by atoms with van der Waals surface area (Å²) >= 11 is -1.59. The molecule has 2 rings (SSSR count). The molecule has 1 aromatic carbocycles. The number of benzene rings is 1. The summed E-state index contributed by atoms with van der Waals surface area (Å²) < 4.78 is 17.8. The third-order valence-electron chi connectivity index (χ3n) is 3.23. The van der Waals surface area contributed by atoms with Gasteiger partial charge >= 0.3 is 27.6 Å². The molecule has 2 aromatic rings. The van der Waals surface area contributed by atoms with Crippen molar-refractivity contribution < 1.29 is 17.4 Å². The van der Waals surface area contributed by atoms with Crippen LogP contribution in [0.15, 0.2) is 30.5 Å². The summed E-state index contributed by atoms with van der Waals surface area (Å²) in [5.41, 5.74) is 0.950. The zero-order valence-corrected chi connectivity index (χ0v) is 18.4. The SMILES string of the molecule is CNc1nc(Nc2ccccc2NC(=O)OC(C)(C)C)ncc1N(OC)I=O. The minimum atomic E-state index is -1.59. The van der Waals surface area contributed by atoms with Crippen molar-refractivity contribution in [2.75, 3.05) is 33.4 Å². The van der Waals surface area contributed by atoms with E-state index in [4.69, 9.17) is 9.57 Å². The van der Waals surface area contributed by atoms with E-state index < -0.39 is 33.2 Å². The summed E-state index contributed by atoms with van der Waals surface area (Å²) in [4.78, 5) is 25.7. The number of aromatic nitrogens is 2. The van der Waals surface area contributed by atoms with Crippen LogP contribution >= 0.6 is 21.5 Å². The largest absolute Gasteiger partial charge is 0.444 e. The molecule has 0 bridgehead atoms. The maximum absolute atomic E-state index is 12.1. The molecular formula is C17H23IN6O4. The van der Waals surface area contributed by atoms with Crippen LogP contribution in [-0.4, -0.2) is 35.8 Å². The summed E-state index contributed by atoms with van der Waals surface area (Å²) in [7, 11) is 3.10. The lowest BCUT2D eigenvalue weighted by Crippen LogP contribution is -2.27. The van der Waals surface area contributed by atoms with E-state index in [9.17, 15) is 7.86 Å². The van der Waals surface area contributed by atoms with Crippen LogP contribution < -0.4 is 19.2 Å². The monoisotopic (exact) mass is 502 g/mol. The molecule has 3 N–H and O–H groups in total. The molecule has 0 atom stereocenters. The highest BCUT2D eigenvalue weighted by atomic mass is 127. The number of amides is 1. The maximum Gasteiger partial charge on any atom is 0.412 e. The molecule has 11 heteroatoms. The Morgan fingerprint density at radius 1 is 1.21 bits per heavy atom. The van der Waals surface area contributed by atoms with Crippen LogP contribution in [0, 0.1) is 0 Å². The van der Waals surface area contributed by atoms with Crippen molar-refractivity contribution in [1.29, 1.82) is 0 Å². The number of carbonyl (C=O) groups excluding carboxylic acids is 1. The summed E-state index contributed by atoms with van der Waals surface area (Å²) in [6.07, 6.45) is 0.927. The summed E-state index contributed by atoms with van der Waals surface area (Å²) in [6.45, 7) is 5.37. The zero-order chi connectivity index (χ0) is 20.7. The molecule has 0 spiro atoms. The van der Waals surface area contributed by atoms with E-state index in [-0.39, 0.29) is 5.95 Å². The number of carbonyl (C=O) groups is 1. The van der Waals surface area contributed by atoms with Gasteiger partial charge in [-0.15, -0.1) is 0 Å². The number of hydrogen-bond donors (Lipinski definition) is 3. The third kappa shape index (κ3) is 5.99. The van der Waals surface area contributed by atoms with Crippen LogP contribution in [-0.2, 0) is 12.6 Å². The van der Waals surface area contributed by atoms with Crippen LogP contribution in [0.4, 0.5) is 33.6 Å². The summed E-state index contributed by atoms with van der Waals surface area (Å²) in [5.74, 6) is 0.721. The van der Waals surface area contributed by atoms with Gasteiger partial charge in [0, 0.05) is 7.05 Å². The predicted molar refractivity (Wildman–Crippen MR) is 115 cm³/mol. The molecule has 0 aliphatic rings. The second-order valence-corrected chi connectivity index (χ2v) is 7.74. The maximum atomic E-state index is 12.1. The number of halogens is 1. The minimum Gasteiger partial charge on any atom is -0.444 e. The molecule has 1 amide bonds. The standard InChI is InChI=1S/C17H23IN6O4/c1-17(2,3)28-16(25)22-12-9-7-6-8-11(12)21-15-20-10-13(14(19-4)23-15)24(18-26)27-5/h6-10H,1-5H3,(H,22,25)(H2,19,20,21,23). The topological polar surface area (TPSA) is 118 Å². The van der Waals surface area contributed by atoms with Crippen molar-refractivity contribution in [2.45, 2.75) is 26.4 Å². The number of ether oxygens (including phenoxy) is 1. The normalized spacial score (nSPS) is 10.9. The second-order valence-electron chi connectivity index (χ2n) is 6.47. The Labute approximate surface area is 174 Å². The van der Waals surface area contributed by atoms with E-state index in [0.29, 0.717) is 22.9 Å². The Morgan fingerprint density at radius 2 is 1.89 bits per heavy atom. The van der Waals surface area contributed by atoms with Crippen LogP contribution in [0.3, 0.4) is 0 Å². The number of para-hydroxylation sites is 2. The van der Waals surface area contributed by atoms with E-state index in [0.717, 1.165) is 0 Å². The third-order valence-corrected chi connectivity index (χ3v) is 4.50. The first-order valence-electron chi connectivity index (χ1n) is 8.30. The molecule has 0 saturated carbocycles. The fourth-order valence-corrected chi connectivity index (χ4v) is 2.87. The van der Waals surface area contributed by atoms with Crippen molar-refractivity contribution in [3.63, 3.8) is 0 Å². The fraction of sp³-hybridized carbons (Fsp3) is 0.353. The first kappa shape index (κ1) is 21.8. The molecule has 0 aliphatic carbocycles. The van der Waals surface area contributed by atoms with E-state index in [1.807, 2.05) is 6.07 Å². The van der Waals surface area contributed by atoms with Gasteiger partial charge in [-0.25, -0.2) is 12.8 Å². The van der Waals surface area contributed by atoms with Crippen LogP contribution in [0.5, 0.6) is 0 Å². The van der Waals surface area contributed by atoms with Crippen molar-refractivity contribution in [3.8, 4) is 0 Å². The highest BCUT2D eigenvalue weighted by Crippen LogP contribution is 2.30. The highest BCUT2D eigenvalue weighted by Gasteiger charge is 2.18. The lowest BCUT2D eigenvalue weighted by molar-refractivity contribution is 0.0636. The molecule has 0 aliphatic heterocycles. The average molecular weight is 502 g/mol. The number of nitrogens with one attached hydrogen (secondary N) is 3. The average Bonchev–Trinajstić information content (AvgIpc) is 2.63. The van der Waals surface area contributed by atoms with Gasteiger partial charge in [0.05, 0.1) is 24.7 Å². The molecular weight excluding hydrogens is 479 g/mol. The van der Waals surface area contributed by atoms with Gasteiger partial charge in [0.2, 0.25) is 5.95 Å². The Bertz CT molecular complexity index is 843. The molecule has 1 aromatic heterocycles. The molecule has 10 nitrogen and oxygen atoms in total. The summed E-state index contributed by atoms with van der Waals surface area (Å²) in [6, 6.07) is 7.10. The number of nitrogens with zero attached hydrogens (tertiary/aromatic N) is 3. The zero-order valence-electron chi connectivity index (χ0n) is 16.2. The Kier molecular flexibility index (Phi) is 7.45. The predicted octanol–water partition coefficient (Wildman–Crippen LogP) is 4.21. The van der Waals surface area contributed by atoms with Crippen molar-refractivity contribution >= 4 is 56.4 Å². The van der Waals surface area contributed by atoms with Gasteiger partial charge in [-0.3, -0.25) is 10.2 Å². The number of anilines is 5. The lowest BCUT2D eigenvalue weighted by Gasteiger charge is -2.20. The molecule has 0 radical (unpaired) electrons. The minimum absolute atomic E-state index is 0.284. The van der Waals surface area contributed by atoms with Gasteiger partial charge in [0.25, 0.3) is 0 Å². The van der Waals surface area contributed by atoms with Gasteiger partial charge < -0.3 is 15.4 Å². The highest BCUT2D eigenvalue weighted by molar-refractivity contribution is 14.1. The molecule has 152 valence electrons. The molecule has 28 heavy (non-hydrogen) atoms. The van der Waals surface area contributed by atoms with Crippen molar-refractivity contribution in [2.24, 2.45) is 0 Å². The Hall–Kier alpha value is -2.54. The number of hydrogen-bond acceptors (Lipinski definition) is 8. The van der Waals surface area contributed by atoms with E-state index >= 15 is 0 Å². The van der Waals surface area contributed by atoms with E-state index in [1.54, 1.807) is 46.0 Å². The molecule has 0 saturated heterocycles. The van der Waals surface area contributed by atoms with Crippen molar-refractivity contribution in [1.82, 2.24) is 9.97 Å². The first-order chi connectivity index (χ1) is 13.3.